The number of aromatic hydroxyl groups is 3. The highest BCUT2D eigenvalue weighted by Gasteiger charge is 2.17. The molecule has 5 heteroatoms. The molecule has 3 rings (SSSR count). The van der Waals surface area contributed by atoms with Crippen LogP contribution < -0.4 is 5.43 Å². The highest BCUT2D eigenvalue weighted by Crippen LogP contribution is 2.34. The molecular weight excluding hydrogens is 296 g/mol. The third-order valence-electron chi connectivity index (χ3n) is 3.91. The van der Waals surface area contributed by atoms with E-state index in [1.54, 1.807) is 25.1 Å². The van der Waals surface area contributed by atoms with E-state index >= 15 is 0 Å². The second-order valence-corrected chi connectivity index (χ2v) is 5.43. The smallest absolute Gasteiger partial charge is 0.199 e. The normalized spacial score (nSPS) is 11.0. The highest BCUT2D eigenvalue weighted by atomic mass is 16.3. The van der Waals surface area contributed by atoms with Crippen molar-refractivity contribution in [1.82, 2.24) is 0 Å². The van der Waals surface area contributed by atoms with Gasteiger partial charge < -0.3 is 19.7 Å². The zero-order chi connectivity index (χ0) is 16.7. The van der Waals surface area contributed by atoms with Crippen LogP contribution in [0.15, 0.2) is 39.5 Å². The summed E-state index contributed by atoms with van der Waals surface area (Å²) in [5, 5.41) is 29.3. The van der Waals surface area contributed by atoms with Gasteiger partial charge in [0.15, 0.2) is 16.9 Å². The molecular formula is C18H16O5. The molecule has 0 radical (unpaired) electrons. The van der Waals surface area contributed by atoms with Crippen LogP contribution >= 0.6 is 0 Å². The molecule has 3 aromatic rings. The molecule has 0 spiro atoms. The Hall–Kier alpha value is -2.95. The number of phenolic OH excluding ortho intramolecular Hbond substituents is 3. The van der Waals surface area contributed by atoms with Crippen LogP contribution in [0.5, 0.6) is 17.2 Å². The summed E-state index contributed by atoms with van der Waals surface area (Å²) in [5.74, 6) is -0.350. The standard InChI is InChI=1S/C18H16O5/c1-3-10-6-14(21)16-15(7-10)23-18(9(2)17(16)22)11-4-5-12(19)13(20)8-11/h4-8,19-21H,3H2,1-2H3. The molecule has 0 aliphatic carbocycles. The first kappa shape index (κ1) is 15.0. The van der Waals surface area contributed by atoms with Gasteiger partial charge >= 0.3 is 0 Å². The van der Waals surface area contributed by atoms with Crippen LogP contribution in [0.3, 0.4) is 0 Å². The first-order chi connectivity index (χ1) is 10.9. The number of phenols is 3. The largest absolute Gasteiger partial charge is 0.507 e. The lowest BCUT2D eigenvalue weighted by Gasteiger charge is -2.10. The molecule has 0 bridgehead atoms. The molecule has 5 nitrogen and oxygen atoms in total. The molecule has 0 atom stereocenters. The number of aryl methyl sites for hydroxylation is 1. The number of hydrogen-bond acceptors (Lipinski definition) is 5. The third kappa shape index (κ3) is 2.40. The Bertz CT molecular complexity index is 969. The van der Waals surface area contributed by atoms with Gasteiger partial charge in [-0.1, -0.05) is 6.92 Å². The monoisotopic (exact) mass is 312 g/mol. The van der Waals surface area contributed by atoms with Crippen molar-refractivity contribution in [1.29, 1.82) is 0 Å². The molecule has 118 valence electrons. The minimum absolute atomic E-state index is 0.101. The molecule has 0 saturated heterocycles. The fourth-order valence-corrected chi connectivity index (χ4v) is 2.59. The Kier molecular flexibility index (Phi) is 3.48. The summed E-state index contributed by atoms with van der Waals surface area (Å²) in [7, 11) is 0. The van der Waals surface area contributed by atoms with Gasteiger partial charge in [0.2, 0.25) is 0 Å². The summed E-state index contributed by atoms with van der Waals surface area (Å²) in [6, 6.07) is 7.49. The van der Waals surface area contributed by atoms with E-state index in [0.29, 0.717) is 28.9 Å². The second kappa shape index (κ2) is 5.35. The van der Waals surface area contributed by atoms with Crippen LogP contribution in [0.2, 0.25) is 0 Å². The zero-order valence-corrected chi connectivity index (χ0v) is 12.8. The quantitative estimate of drug-likeness (QED) is 0.630. The molecule has 3 N–H and O–H groups in total. The van der Waals surface area contributed by atoms with E-state index in [1.807, 2.05) is 6.92 Å². The van der Waals surface area contributed by atoms with Crippen molar-refractivity contribution in [2.45, 2.75) is 20.3 Å². The molecule has 0 aliphatic rings. The number of hydrogen-bond donors (Lipinski definition) is 3. The number of benzene rings is 2. The fraction of sp³-hybridized carbons (Fsp3) is 0.167. The van der Waals surface area contributed by atoms with Crippen LogP contribution in [-0.4, -0.2) is 15.3 Å². The summed E-state index contributed by atoms with van der Waals surface area (Å²) < 4.78 is 5.82. The predicted octanol–water partition coefficient (Wildman–Crippen LogP) is 3.45. The third-order valence-corrected chi connectivity index (χ3v) is 3.91. The lowest BCUT2D eigenvalue weighted by atomic mass is 10.0. The van der Waals surface area contributed by atoms with Crippen LogP contribution in [0, 0.1) is 6.92 Å². The molecule has 0 saturated carbocycles. The van der Waals surface area contributed by atoms with Crippen molar-refractivity contribution < 1.29 is 19.7 Å². The Labute approximate surface area is 132 Å². The van der Waals surface area contributed by atoms with Crippen molar-refractivity contribution in [3.63, 3.8) is 0 Å². The Morgan fingerprint density at radius 2 is 1.74 bits per heavy atom. The molecule has 0 unspecified atom stereocenters. The highest BCUT2D eigenvalue weighted by molar-refractivity contribution is 5.86. The summed E-state index contributed by atoms with van der Waals surface area (Å²) in [6.07, 6.45) is 0.691. The molecule has 1 heterocycles. The maximum Gasteiger partial charge on any atom is 0.199 e. The van der Waals surface area contributed by atoms with Gasteiger partial charge in [-0.05, 0) is 49.2 Å². The average molecular weight is 312 g/mol. The zero-order valence-electron chi connectivity index (χ0n) is 12.8. The first-order valence-corrected chi connectivity index (χ1v) is 7.24. The molecule has 0 amide bonds. The summed E-state index contributed by atoms with van der Waals surface area (Å²) in [6.45, 7) is 3.53. The van der Waals surface area contributed by atoms with E-state index < -0.39 is 0 Å². The van der Waals surface area contributed by atoms with Gasteiger partial charge in [0.25, 0.3) is 0 Å². The van der Waals surface area contributed by atoms with Gasteiger partial charge in [0.05, 0.1) is 0 Å². The van der Waals surface area contributed by atoms with Crippen LogP contribution in [0.1, 0.15) is 18.1 Å². The minimum atomic E-state index is -0.325. The minimum Gasteiger partial charge on any atom is -0.507 e. The van der Waals surface area contributed by atoms with E-state index in [0.717, 1.165) is 5.56 Å². The molecule has 0 aliphatic heterocycles. The van der Waals surface area contributed by atoms with Crippen LogP contribution in [0.4, 0.5) is 0 Å². The fourth-order valence-electron chi connectivity index (χ4n) is 2.59. The topological polar surface area (TPSA) is 90.9 Å². The maximum atomic E-state index is 12.6. The van der Waals surface area contributed by atoms with Gasteiger partial charge in [-0.25, -0.2) is 0 Å². The van der Waals surface area contributed by atoms with E-state index in [9.17, 15) is 20.1 Å². The van der Waals surface area contributed by atoms with E-state index in [2.05, 4.69) is 0 Å². The lowest BCUT2D eigenvalue weighted by molar-refractivity contribution is 0.404. The summed E-state index contributed by atoms with van der Waals surface area (Å²) in [5.41, 5.74) is 1.61. The SMILES string of the molecule is CCc1cc(O)c2c(=O)c(C)c(-c3ccc(O)c(O)c3)oc2c1. The van der Waals surface area contributed by atoms with Gasteiger partial charge in [-0.2, -0.15) is 0 Å². The Balaban J connectivity index is 2.36. The van der Waals surface area contributed by atoms with Gasteiger partial charge in [0.1, 0.15) is 22.5 Å². The van der Waals surface area contributed by atoms with E-state index in [4.69, 9.17) is 4.42 Å². The van der Waals surface area contributed by atoms with Crippen molar-refractivity contribution in [3.8, 4) is 28.6 Å². The van der Waals surface area contributed by atoms with Crippen molar-refractivity contribution in [2.75, 3.05) is 0 Å². The maximum absolute atomic E-state index is 12.6. The Morgan fingerprint density at radius 3 is 2.39 bits per heavy atom. The van der Waals surface area contributed by atoms with Gasteiger partial charge in [-0.15, -0.1) is 0 Å². The predicted molar refractivity (Wildman–Crippen MR) is 87.0 cm³/mol. The molecule has 0 fully saturated rings. The molecule has 2 aromatic carbocycles. The van der Waals surface area contributed by atoms with Gasteiger partial charge in [0, 0.05) is 11.1 Å². The van der Waals surface area contributed by atoms with E-state index in [1.165, 1.54) is 12.1 Å². The van der Waals surface area contributed by atoms with Crippen molar-refractivity contribution >= 4 is 11.0 Å². The molecule has 1 aromatic heterocycles. The van der Waals surface area contributed by atoms with Crippen molar-refractivity contribution in [3.05, 3.63) is 51.7 Å². The average Bonchev–Trinajstić information content (AvgIpc) is 2.52. The van der Waals surface area contributed by atoms with Gasteiger partial charge in [-0.3, -0.25) is 4.79 Å². The summed E-state index contributed by atoms with van der Waals surface area (Å²) in [4.78, 5) is 12.6. The molecule has 23 heavy (non-hydrogen) atoms. The van der Waals surface area contributed by atoms with Crippen LogP contribution in [-0.2, 0) is 6.42 Å². The first-order valence-electron chi connectivity index (χ1n) is 7.24. The Morgan fingerprint density at radius 1 is 1.00 bits per heavy atom. The number of fused-ring (bicyclic) bond motifs is 1. The van der Waals surface area contributed by atoms with E-state index in [-0.39, 0.29) is 28.1 Å². The van der Waals surface area contributed by atoms with Crippen LogP contribution in [0.25, 0.3) is 22.3 Å². The summed E-state index contributed by atoms with van der Waals surface area (Å²) >= 11 is 0. The number of rotatable bonds is 2. The van der Waals surface area contributed by atoms with Crippen molar-refractivity contribution in [2.24, 2.45) is 0 Å². The lowest BCUT2D eigenvalue weighted by Crippen LogP contribution is -2.07. The second-order valence-electron chi connectivity index (χ2n) is 5.43.